The van der Waals surface area contributed by atoms with E-state index < -0.39 is 17.9 Å². The van der Waals surface area contributed by atoms with Crippen molar-refractivity contribution in [2.75, 3.05) is 24.5 Å². The lowest BCUT2D eigenvalue weighted by molar-refractivity contribution is -0.151. The van der Waals surface area contributed by atoms with E-state index in [0.29, 0.717) is 34.1 Å². The van der Waals surface area contributed by atoms with Crippen LogP contribution >= 0.6 is 11.6 Å². The minimum Gasteiger partial charge on any atom is -0.468 e. The Hall–Kier alpha value is -3.19. The van der Waals surface area contributed by atoms with Crippen LogP contribution in [0.4, 0.5) is 11.4 Å². The van der Waals surface area contributed by atoms with Gasteiger partial charge in [0.1, 0.15) is 5.92 Å². The van der Waals surface area contributed by atoms with Crippen molar-refractivity contribution in [1.29, 1.82) is 0 Å². The molecule has 0 bridgehead atoms. The SMILES string of the molecule is COC(=O)[C@H]1C(=O)C2=C(C[C@H]1C)Nc1ccccc1N[C@H]2c1cc2c(cc1Cl)OCO2. The van der Waals surface area contributed by atoms with E-state index in [1.807, 2.05) is 31.2 Å². The van der Waals surface area contributed by atoms with Gasteiger partial charge < -0.3 is 24.8 Å². The maximum absolute atomic E-state index is 13.7. The zero-order valence-corrected chi connectivity index (χ0v) is 17.8. The molecule has 7 nitrogen and oxygen atoms in total. The average Bonchev–Trinajstić information content (AvgIpc) is 3.13. The van der Waals surface area contributed by atoms with Crippen molar-refractivity contribution < 1.29 is 23.8 Å². The summed E-state index contributed by atoms with van der Waals surface area (Å²) < 4.78 is 15.9. The van der Waals surface area contributed by atoms with Gasteiger partial charge in [-0.1, -0.05) is 30.7 Å². The molecule has 1 aliphatic carbocycles. The number of esters is 1. The molecule has 0 spiro atoms. The van der Waals surface area contributed by atoms with E-state index in [1.54, 1.807) is 12.1 Å². The van der Waals surface area contributed by atoms with E-state index in [0.717, 1.165) is 17.1 Å². The number of ether oxygens (including phenoxy) is 3. The van der Waals surface area contributed by atoms with E-state index in [1.165, 1.54) is 7.11 Å². The van der Waals surface area contributed by atoms with Crippen molar-refractivity contribution in [3.63, 3.8) is 0 Å². The third kappa shape index (κ3) is 3.20. The van der Waals surface area contributed by atoms with Crippen LogP contribution in [-0.4, -0.2) is 25.7 Å². The van der Waals surface area contributed by atoms with Gasteiger partial charge in [-0.25, -0.2) is 0 Å². The molecular weight excluding hydrogens is 420 g/mol. The highest BCUT2D eigenvalue weighted by Crippen LogP contribution is 2.47. The lowest BCUT2D eigenvalue weighted by Crippen LogP contribution is -2.39. The molecule has 2 heterocycles. The van der Waals surface area contributed by atoms with E-state index in [2.05, 4.69) is 10.6 Å². The second-order valence-electron chi connectivity index (χ2n) is 7.91. The van der Waals surface area contributed by atoms with Gasteiger partial charge in [0.25, 0.3) is 0 Å². The highest BCUT2D eigenvalue weighted by atomic mass is 35.5. The highest BCUT2D eigenvalue weighted by molar-refractivity contribution is 6.32. The largest absolute Gasteiger partial charge is 0.468 e. The molecule has 3 aliphatic rings. The van der Waals surface area contributed by atoms with Crippen LogP contribution < -0.4 is 20.1 Å². The summed E-state index contributed by atoms with van der Waals surface area (Å²) in [5, 5.41) is 7.31. The molecule has 3 atom stereocenters. The first-order valence-electron chi connectivity index (χ1n) is 10.0. The van der Waals surface area contributed by atoms with Crippen LogP contribution in [0, 0.1) is 11.8 Å². The normalized spacial score (nSPS) is 23.8. The number of para-hydroxylation sites is 2. The lowest BCUT2D eigenvalue weighted by atomic mass is 9.75. The Kier molecular flexibility index (Phi) is 4.78. The zero-order valence-electron chi connectivity index (χ0n) is 17.0. The predicted octanol–water partition coefficient (Wildman–Crippen LogP) is 4.30. The van der Waals surface area contributed by atoms with Gasteiger partial charge in [-0.15, -0.1) is 0 Å². The molecule has 160 valence electrons. The van der Waals surface area contributed by atoms with E-state index >= 15 is 0 Å². The summed E-state index contributed by atoms with van der Waals surface area (Å²) in [7, 11) is 1.30. The number of benzene rings is 2. The number of halogens is 1. The first-order valence-corrected chi connectivity index (χ1v) is 10.4. The quantitative estimate of drug-likeness (QED) is 0.532. The Morgan fingerprint density at radius 2 is 1.87 bits per heavy atom. The van der Waals surface area contributed by atoms with E-state index in [9.17, 15) is 9.59 Å². The molecule has 5 rings (SSSR count). The van der Waals surface area contributed by atoms with Gasteiger partial charge in [-0.3, -0.25) is 9.59 Å². The molecule has 0 saturated carbocycles. The summed E-state index contributed by atoms with van der Waals surface area (Å²) in [6.07, 6.45) is 0.523. The number of carbonyl (C=O) groups excluding carboxylic acids is 2. The molecule has 2 aromatic rings. The molecule has 2 N–H and O–H groups in total. The van der Waals surface area contributed by atoms with Crippen molar-refractivity contribution >= 4 is 34.7 Å². The number of nitrogens with one attached hydrogen (secondary N) is 2. The Labute approximate surface area is 184 Å². The van der Waals surface area contributed by atoms with Gasteiger partial charge in [-0.05, 0) is 30.5 Å². The molecule has 0 amide bonds. The number of hydrogen-bond donors (Lipinski definition) is 2. The van der Waals surface area contributed by atoms with Crippen LogP contribution in [0.5, 0.6) is 11.5 Å². The van der Waals surface area contributed by atoms with Crippen LogP contribution in [0.15, 0.2) is 47.7 Å². The minimum atomic E-state index is -0.871. The Morgan fingerprint density at radius 1 is 1.16 bits per heavy atom. The van der Waals surface area contributed by atoms with Crippen molar-refractivity contribution in [3.05, 3.63) is 58.3 Å². The highest BCUT2D eigenvalue weighted by Gasteiger charge is 2.44. The van der Waals surface area contributed by atoms with Crippen LogP contribution in [0.25, 0.3) is 0 Å². The van der Waals surface area contributed by atoms with Crippen LogP contribution in [-0.2, 0) is 14.3 Å². The number of rotatable bonds is 2. The maximum atomic E-state index is 13.7. The topological polar surface area (TPSA) is 85.9 Å². The number of fused-ring (bicyclic) bond motifs is 2. The van der Waals surface area contributed by atoms with Gasteiger partial charge in [-0.2, -0.15) is 0 Å². The third-order valence-electron chi connectivity index (χ3n) is 6.03. The zero-order chi connectivity index (χ0) is 21.7. The number of allylic oxidation sites excluding steroid dienone is 1. The fourth-order valence-corrected chi connectivity index (χ4v) is 4.78. The summed E-state index contributed by atoms with van der Waals surface area (Å²) in [5.74, 6) is -0.747. The van der Waals surface area contributed by atoms with Crippen LogP contribution in [0.2, 0.25) is 5.02 Å². The Morgan fingerprint density at radius 3 is 2.61 bits per heavy atom. The number of anilines is 2. The molecule has 31 heavy (non-hydrogen) atoms. The molecule has 0 unspecified atom stereocenters. The second-order valence-corrected chi connectivity index (χ2v) is 8.32. The van der Waals surface area contributed by atoms with Gasteiger partial charge >= 0.3 is 5.97 Å². The van der Waals surface area contributed by atoms with E-state index in [4.69, 9.17) is 25.8 Å². The Balaban J connectivity index is 1.69. The number of Topliss-reactive ketones (excluding diaryl/α,β-unsaturated/α-hetero) is 1. The molecule has 0 radical (unpaired) electrons. The molecule has 0 saturated heterocycles. The van der Waals surface area contributed by atoms with Gasteiger partial charge in [0.15, 0.2) is 17.3 Å². The first kappa shape index (κ1) is 19.8. The molecule has 8 heteroatoms. The van der Waals surface area contributed by atoms with Gasteiger partial charge in [0.05, 0.1) is 29.5 Å². The molecule has 0 aromatic heterocycles. The van der Waals surface area contributed by atoms with Crippen LogP contribution in [0.1, 0.15) is 24.9 Å². The number of ketones is 1. The second kappa shape index (κ2) is 7.50. The molecule has 0 fully saturated rings. The number of methoxy groups -OCH3 is 1. The minimum absolute atomic E-state index is 0.117. The monoisotopic (exact) mass is 440 g/mol. The third-order valence-corrected chi connectivity index (χ3v) is 6.35. The van der Waals surface area contributed by atoms with E-state index in [-0.39, 0.29) is 18.5 Å². The van der Waals surface area contributed by atoms with Gasteiger partial charge in [0.2, 0.25) is 6.79 Å². The summed E-state index contributed by atoms with van der Waals surface area (Å²) in [4.78, 5) is 26.1. The van der Waals surface area contributed by atoms with Crippen molar-refractivity contribution in [1.82, 2.24) is 0 Å². The summed E-state index contributed by atoms with van der Waals surface area (Å²) in [6.45, 7) is 2.00. The fraction of sp³-hybridized carbons (Fsp3) is 0.304. The van der Waals surface area contributed by atoms with Crippen molar-refractivity contribution in [2.45, 2.75) is 19.4 Å². The predicted molar refractivity (Wildman–Crippen MR) is 115 cm³/mol. The van der Waals surface area contributed by atoms with Crippen LogP contribution in [0.3, 0.4) is 0 Å². The standard InChI is InChI=1S/C23H21ClN2O5/c1-11-7-16-20(22(27)19(11)23(28)29-2)21(26-15-6-4-3-5-14(15)25-16)12-8-17-18(9-13(12)24)31-10-30-17/h3-6,8-9,11,19,21,25-26H,7,10H2,1-2H3/t11-,19-,21+/m1/s1. The summed E-state index contributed by atoms with van der Waals surface area (Å²) in [5.41, 5.74) is 3.60. The smallest absolute Gasteiger partial charge is 0.316 e. The lowest BCUT2D eigenvalue weighted by Gasteiger charge is -2.32. The average molecular weight is 441 g/mol. The van der Waals surface area contributed by atoms with Crippen molar-refractivity contribution in [3.8, 4) is 11.5 Å². The number of hydrogen-bond acceptors (Lipinski definition) is 7. The summed E-state index contributed by atoms with van der Waals surface area (Å²) in [6, 6.07) is 10.6. The first-order chi connectivity index (χ1) is 15.0. The van der Waals surface area contributed by atoms with Crippen molar-refractivity contribution in [2.24, 2.45) is 11.8 Å². The Bertz CT molecular complexity index is 1130. The summed E-state index contributed by atoms with van der Waals surface area (Å²) >= 11 is 6.63. The number of carbonyl (C=O) groups is 2. The maximum Gasteiger partial charge on any atom is 0.316 e. The molecular formula is C23H21ClN2O5. The molecule has 2 aliphatic heterocycles. The fourth-order valence-electron chi connectivity index (χ4n) is 4.52. The van der Waals surface area contributed by atoms with Gasteiger partial charge in [0, 0.05) is 22.9 Å². The molecule has 2 aromatic carbocycles.